The Morgan fingerprint density at radius 1 is 0.905 bits per heavy atom. The topological polar surface area (TPSA) is 35.5 Å². The molecule has 0 N–H and O–H groups in total. The highest BCUT2D eigenvalue weighted by Crippen LogP contribution is 2.28. The predicted molar refractivity (Wildman–Crippen MR) is 88.0 cm³/mol. The van der Waals surface area contributed by atoms with Gasteiger partial charge >= 0.3 is 8.25 Å². The van der Waals surface area contributed by atoms with Gasteiger partial charge in [-0.2, -0.15) is 0 Å². The van der Waals surface area contributed by atoms with Crippen LogP contribution in [0.25, 0.3) is 0 Å². The zero-order valence-corrected chi connectivity index (χ0v) is 14.2. The Balaban J connectivity index is 1.97. The van der Waals surface area contributed by atoms with Crippen LogP contribution in [0.2, 0.25) is 0 Å². The fourth-order valence-electron chi connectivity index (χ4n) is 2.09. The zero-order valence-electron chi connectivity index (χ0n) is 13.3. The summed E-state index contributed by atoms with van der Waals surface area (Å²) in [7, 11) is -2.05. The molecule has 0 aliphatic rings. The van der Waals surface area contributed by atoms with Crippen LogP contribution in [0.15, 0.2) is 24.3 Å². The normalized spacial score (nSPS) is 11.4. The summed E-state index contributed by atoms with van der Waals surface area (Å²) in [5.74, 6) is 0.595. The first-order chi connectivity index (χ1) is 10.2. The summed E-state index contributed by atoms with van der Waals surface area (Å²) in [5.41, 5.74) is 1.15. The van der Waals surface area contributed by atoms with Crippen molar-refractivity contribution >= 4 is 8.25 Å². The lowest BCUT2D eigenvalue weighted by molar-refractivity contribution is 0.277. The molecular formula is C17H28O3P+. The third kappa shape index (κ3) is 9.60. The minimum Gasteiger partial charge on any atom is -0.229 e. The van der Waals surface area contributed by atoms with Crippen molar-refractivity contribution in [3.63, 3.8) is 0 Å². The zero-order chi connectivity index (χ0) is 15.3. The molecule has 4 heteroatoms. The van der Waals surface area contributed by atoms with E-state index < -0.39 is 8.25 Å². The molecule has 0 bridgehead atoms. The van der Waals surface area contributed by atoms with Gasteiger partial charge in [-0.05, 0) is 25.5 Å². The number of hydrogen-bond donors (Lipinski definition) is 0. The van der Waals surface area contributed by atoms with Gasteiger partial charge in [-0.25, -0.2) is 4.52 Å². The van der Waals surface area contributed by atoms with E-state index in [4.69, 9.17) is 9.05 Å². The quantitative estimate of drug-likeness (QED) is 0.341. The SMILES string of the molecule is CCCCCCCCCCO[P+](=O)Oc1ccc(C)cc1. The lowest BCUT2D eigenvalue weighted by atomic mass is 10.1. The smallest absolute Gasteiger partial charge is 0.229 e. The van der Waals surface area contributed by atoms with E-state index in [1.165, 1.54) is 38.5 Å². The summed E-state index contributed by atoms with van der Waals surface area (Å²) in [6, 6.07) is 7.47. The maximum atomic E-state index is 11.6. The third-order valence-corrected chi connectivity index (χ3v) is 4.15. The van der Waals surface area contributed by atoms with Gasteiger partial charge in [-0.15, -0.1) is 4.52 Å². The van der Waals surface area contributed by atoms with Crippen LogP contribution in [0.4, 0.5) is 0 Å². The molecule has 0 saturated heterocycles. The van der Waals surface area contributed by atoms with E-state index >= 15 is 0 Å². The largest absolute Gasteiger partial charge is 0.750 e. The molecule has 0 heterocycles. The molecule has 0 fully saturated rings. The van der Waals surface area contributed by atoms with Gasteiger partial charge in [-0.3, -0.25) is 0 Å². The van der Waals surface area contributed by atoms with Crippen LogP contribution >= 0.6 is 8.25 Å². The monoisotopic (exact) mass is 311 g/mol. The van der Waals surface area contributed by atoms with E-state index in [1.54, 1.807) is 0 Å². The molecule has 21 heavy (non-hydrogen) atoms. The molecule has 1 aromatic rings. The second-order valence-corrected chi connectivity index (χ2v) is 6.32. The molecule has 0 radical (unpaired) electrons. The molecule has 0 aromatic heterocycles. The Kier molecular flexibility index (Phi) is 10.1. The molecule has 1 aromatic carbocycles. The summed E-state index contributed by atoms with van der Waals surface area (Å²) >= 11 is 0. The van der Waals surface area contributed by atoms with E-state index in [-0.39, 0.29) is 0 Å². The first-order valence-electron chi connectivity index (χ1n) is 8.07. The van der Waals surface area contributed by atoms with Crippen molar-refractivity contribution in [1.29, 1.82) is 0 Å². The standard InChI is InChI=1S/C17H28O3P/c1-3-4-5-6-7-8-9-10-15-19-21(18)20-17-13-11-16(2)12-14-17/h11-14H,3-10,15H2,1-2H3/q+1. The Morgan fingerprint density at radius 2 is 1.48 bits per heavy atom. The molecule has 0 aliphatic heterocycles. The van der Waals surface area contributed by atoms with Gasteiger partial charge in [0.15, 0.2) is 5.75 Å². The summed E-state index contributed by atoms with van der Waals surface area (Å²) in [5, 5.41) is 0. The lowest BCUT2D eigenvalue weighted by Crippen LogP contribution is -1.91. The molecule has 0 amide bonds. The van der Waals surface area contributed by atoms with Crippen molar-refractivity contribution in [2.75, 3.05) is 6.61 Å². The Labute approximate surface area is 130 Å². The van der Waals surface area contributed by atoms with E-state index in [0.717, 1.165) is 18.4 Å². The Morgan fingerprint density at radius 3 is 2.10 bits per heavy atom. The van der Waals surface area contributed by atoms with E-state index in [0.29, 0.717) is 12.4 Å². The van der Waals surface area contributed by atoms with Crippen molar-refractivity contribution in [2.24, 2.45) is 0 Å². The summed E-state index contributed by atoms with van der Waals surface area (Å²) in [6.45, 7) is 4.75. The molecule has 1 rings (SSSR count). The van der Waals surface area contributed by atoms with Crippen molar-refractivity contribution in [3.8, 4) is 5.75 Å². The second-order valence-electron chi connectivity index (χ2n) is 5.44. The minimum atomic E-state index is -2.05. The average molecular weight is 311 g/mol. The fourth-order valence-corrected chi connectivity index (χ4v) is 2.71. The molecular weight excluding hydrogens is 283 g/mol. The fraction of sp³-hybridized carbons (Fsp3) is 0.647. The summed E-state index contributed by atoms with van der Waals surface area (Å²) in [6.07, 6.45) is 9.95. The summed E-state index contributed by atoms with van der Waals surface area (Å²) < 4.78 is 22.0. The van der Waals surface area contributed by atoms with E-state index in [2.05, 4.69) is 6.92 Å². The van der Waals surface area contributed by atoms with E-state index in [1.807, 2.05) is 31.2 Å². The number of aryl methyl sites for hydroxylation is 1. The highest BCUT2D eigenvalue weighted by Gasteiger charge is 2.21. The van der Waals surface area contributed by atoms with Crippen molar-refractivity contribution in [2.45, 2.75) is 65.2 Å². The molecule has 0 aliphatic carbocycles. The van der Waals surface area contributed by atoms with Gasteiger partial charge in [-0.1, -0.05) is 69.6 Å². The van der Waals surface area contributed by atoms with Crippen molar-refractivity contribution in [3.05, 3.63) is 29.8 Å². The van der Waals surface area contributed by atoms with Crippen LogP contribution in [0.1, 0.15) is 63.9 Å². The number of rotatable bonds is 12. The van der Waals surface area contributed by atoms with Gasteiger partial charge in [0.05, 0.1) is 0 Å². The first kappa shape index (κ1) is 18.1. The average Bonchev–Trinajstić information content (AvgIpc) is 2.48. The highest BCUT2D eigenvalue weighted by molar-refractivity contribution is 7.33. The van der Waals surface area contributed by atoms with Crippen LogP contribution in [0.5, 0.6) is 5.75 Å². The molecule has 1 atom stereocenters. The number of benzene rings is 1. The molecule has 1 unspecified atom stereocenters. The highest BCUT2D eigenvalue weighted by atomic mass is 31.1. The maximum absolute atomic E-state index is 11.6. The maximum Gasteiger partial charge on any atom is 0.750 e. The molecule has 0 spiro atoms. The predicted octanol–water partition coefficient (Wildman–Crippen LogP) is 6.19. The summed E-state index contributed by atoms with van der Waals surface area (Å²) in [4.78, 5) is 0. The van der Waals surface area contributed by atoms with Gasteiger partial charge in [0.25, 0.3) is 0 Å². The number of unbranched alkanes of at least 4 members (excludes halogenated alkanes) is 7. The lowest BCUT2D eigenvalue weighted by Gasteiger charge is -1.99. The Hall–Kier alpha value is -0.920. The van der Waals surface area contributed by atoms with Crippen LogP contribution in [0, 0.1) is 6.92 Å². The van der Waals surface area contributed by atoms with Gasteiger partial charge in [0, 0.05) is 4.57 Å². The van der Waals surface area contributed by atoms with Crippen LogP contribution in [-0.2, 0) is 9.09 Å². The van der Waals surface area contributed by atoms with Crippen molar-refractivity contribution < 1.29 is 13.6 Å². The second kappa shape index (κ2) is 11.7. The minimum absolute atomic E-state index is 0.510. The van der Waals surface area contributed by atoms with E-state index in [9.17, 15) is 4.57 Å². The van der Waals surface area contributed by atoms with Crippen LogP contribution in [0.3, 0.4) is 0 Å². The van der Waals surface area contributed by atoms with Crippen molar-refractivity contribution in [1.82, 2.24) is 0 Å². The molecule has 118 valence electrons. The first-order valence-corrected chi connectivity index (χ1v) is 9.16. The number of hydrogen-bond acceptors (Lipinski definition) is 3. The van der Waals surface area contributed by atoms with Gasteiger partial charge in [0.2, 0.25) is 0 Å². The molecule has 0 saturated carbocycles. The Bertz CT molecular complexity index is 390. The van der Waals surface area contributed by atoms with Gasteiger partial charge < -0.3 is 0 Å². The van der Waals surface area contributed by atoms with Crippen LogP contribution in [-0.4, -0.2) is 6.61 Å². The van der Waals surface area contributed by atoms with Crippen LogP contribution < -0.4 is 4.52 Å². The van der Waals surface area contributed by atoms with Gasteiger partial charge in [0.1, 0.15) is 6.61 Å². The third-order valence-electron chi connectivity index (χ3n) is 3.40. The molecule has 3 nitrogen and oxygen atoms in total.